The molecule has 0 aliphatic carbocycles. The van der Waals surface area contributed by atoms with Crippen LogP contribution in [0, 0.1) is 0 Å². The molecule has 0 atom stereocenters. The van der Waals surface area contributed by atoms with Gasteiger partial charge in [-0.25, -0.2) is 5.84 Å². The van der Waals surface area contributed by atoms with Crippen LogP contribution < -0.4 is 17.0 Å². The number of hydrogen-bond acceptors (Lipinski definition) is 6. The summed E-state index contributed by atoms with van der Waals surface area (Å²) in [7, 11) is 0. The van der Waals surface area contributed by atoms with Crippen molar-refractivity contribution in [1.29, 1.82) is 0 Å². The highest BCUT2D eigenvalue weighted by atomic mass is 15.4. The molecule has 7 heteroatoms. The molecule has 12 heavy (non-hydrogen) atoms. The third-order valence-corrected chi connectivity index (χ3v) is 1.40. The Balaban J connectivity index is 2.80. The molecule has 0 saturated carbocycles. The van der Waals surface area contributed by atoms with Crippen molar-refractivity contribution in [3.63, 3.8) is 0 Å². The van der Waals surface area contributed by atoms with Crippen molar-refractivity contribution >= 4 is 17.5 Å². The lowest BCUT2D eigenvalue weighted by Gasteiger charge is -2.01. The lowest BCUT2D eigenvalue weighted by atomic mass is 10.7. The van der Waals surface area contributed by atoms with Crippen molar-refractivity contribution in [2.75, 3.05) is 11.2 Å². The minimum atomic E-state index is 0.163. The highest BCUT2D eigenvalue weighted by molar-refractivity contribution is 5.46. The maximum absolute atomic E-state index is 5.40. The molecular formula is C5H7N7. The van der Waals surface area contributed by atoms with Gasteiger partial charge >= 0.3 is 0 Å². The van der Waals surface area contributed by atoms with Gasteiger partial charge < -0.3 is 5.73 Å². The van der Waals surface area contributed by atoms with Crippen LogP contribution in [0.5, 0.6) is 0 Å². The summed E-state index contributed by atoms with van der Waals surface area (Å²) in [4.78, 5) is 7.74. The van der Waals surface area contributed by atoms with Gasteiger partial charge in [-0.05, 0) is 0 Å². The van der Waals surface area contributed by atoms with Gasteiger partial charge in [0.05, 0.1) is 6.20 Å². The fourth-order valence-electron chi connectivity index (χ4n) is 0.936. The van der Waals surface area contributed by atoms with Crippen LogP contribution in [-0.4, -0.2) is 19.6 Å². The number of rotatable bonds is 1. The van der Waals surface area contributed by atoms with E-state index in [1.54, 1.807) is 12.3 Å². The summed E-state index contributed by atoms with van der Waals surface area (Å²) in [6.07, 6.45) is 1.59. The minimum Gasteiger partial charge on any atom is -0.368 e. The lowest BCUT2D eigenvalue weighted by Crippen LogP contribution is -2.15. The van der Waals surface area contributed by atoms with Crippen LogP contribution in [0.3, 0.4) is 0 Å². The smallest absolute Gasteiger partial charge is 0.243 e. The number of anilines is 2. The third-order valence-electron chi connectivity index (χ3n) is 1.40. The summed E-state index contributed by atoms with van der Waals surface area (Å²) in [6, 6.07) is 1.71. The van der Waals surface area contributed by atoms with Crippen LogP contribution in [0.4, 0.5) is 11.9 Å². The Kier molecular flexibility index (Phi) is 1.31. The van der Waals surface area contributed by atoms with Crippen molar-refractivity contribution in [2.45, 2.75) is 0 Å². The molecule has 0 amide bonds. The Hall–Kier alpha value is -1.89. The number of hydrazine groups is 1. The van der Waals surface area contributed by atoms with E-state index in [4.69, 9.17) is 11.6 Å². The zero-order valence-corrected chi connectivity index (χ0v) is 6.10. The quantitative estimate of drug-likeness (QED) is 0.369. The molecule has 0 aliphatic rings. The minimum absolute atomic E-state index is 0.163. The fourth-order valence-corrected chi connectivity index (χ4v) is 0.936. The van der Waals surface area contributed by atoms with Gasteiger partial charge in [-0.1, -0.05) is 0 Å². The van der Waals surface area contributed by atoms with E-state index in [0.29, 0.717) is 11.6 Å². The van der Waals surface area contributed by atoms with Crippen molar-refractivity contribution in [2.24, 2.45) is 5.84 Å². The van der Waals surface area contributed by atoms with Gasteiger partial charge in [-0.15, -0.1) is 0 Å². The Labute approximate surface area is 67.4 Å². The van der Waals surface area contributed by atoms with Gasteiger partial charge in [-0.2, -0.15) is 19.6 Å². The lowest BCUT2D eigenvalue weighted by molar-refractivity contribution is 0.896. The van der Waals surface area contributed by atoms with Crippen LogP contribution in [0.15, 0.2) is 12.3 Å². The van der Waals surface area contributed by atoms with Crippen LogP contribution in [-0.2, 0) is 0 Å². The summed E-state index contributed by atoms with van der Waals surface area (Å²) in [6.45, 7) is 0. The first-order valence-electron chi connectivity index (χ1n) is 3.25. The second-order valence-corrected chi connectivity index (χ2v) is 2.15. The first kappa shape index (κ1) is 6.80. The number of fused-ring (bicyclic) bond motifs is 1. The van der Waals surface area contributed by atoms with E-state index >= 15 is 0 Å². The van der Waals surface area contributed by atoms with E-state index in [0.717, 1.165) is 0 Å². The van der Waals surface area contributed by atoms with Gasteiger partial charge in [0, 0.05) is 6.07 Å². The molecule has 2 heterocycles. The van der Waals surface area contributed by atoms with Gasteiger partial charge in [0.25, 0.3) is 0 Å². The molecule has 0 fully saturated rings. The molecule has 0 saturated heterocycles. The number of hydrogen-bond donors (Lipinski definition) is 3. The average Bonchev–Trinajstić information content (AvgIpc) is 2.50. The van der Waals surface area contributed by atoms with E-state index in [2.05, 4.69) is 20.5 Å². The van der Waals surface area contributed by atoms with Crippen molar-refractivity contribution in [3.05, 3.63) is 12.3 Å². The number of aromatic nitrogens is 4. The van der Waals surface area contributed by atoms with Gasteiger partial charge in [0.15, 0.2) is 5.65 Å². The predicted molar refractivity (Wildman–Crippen MR) is 43.0 cm³/mol. The normalized spacial score (nSPS) is 10.4. The first-order valence-corrected chi connectivity index (χ1v) is 3.25. The zero-order valence-electron chi connectivity index (χ0n) is 6.10. The Morgan fingerprint density at radius 2 is 2.25 bits per heavy atom. The molecule has 0 unspecified atom stereocenters. The second kappa shape index (κ2) is 2.31. The van der Waals surface area contributed by atoms with Gasteiger partial charge in [-0.3, -0.25) is 5.43 Å². The predicted octanol–water partition coefficient (Wildman–Crippen LogP) is -1.01. The molecule has 0 bridgehead atoms. The third kappa shape index (κ3) is 0.839. The van der Waals surface area contributed by atoms with E-state index in [1.807, 2.05) is 0 Å². The molecule has 62 valence electrons. The number of nitrogens with one attached hydrogen (secondary N) is 1. The average molecular weight is 165 g/mol. The summed E-state index contributed by atoms with van der Waals surface area (Å²) in [5, 5.41) is 3.92. The van der Waals surface area contributed by atoms with E-state index in [1.165, 1.54) is 4.52 Å². The van der Waals surface area contributed by atoms with E-state index in [-0.39, 0.29) is 5.95 Å². The first-order chi connectivity index (χ1) is 5.81. The van der Waals surface area contributed by atoms with Crippen molar-refractivity contribution < 1.29 is 0 Å². The van der Waals surface area contributed by atoms with Crippen molar-refractivity contribution in [3.8, 4) is 0 Å². The fraction of sp³-hybridized carbons (Fsp3) is 0. The zero-order chi connectivity index (χ0) is 8.55. The topological polar surface area (TPSA) is 107 Å². The number of nitrogen functional groups attached to an aromatic ring is 2. The molecule has 0 aromatic carbocycles. The Morgan fingerprint density at radius 3 is 3.00 bits per heavy atom. The van der Waals surface area contributed by atoms with Gasteiger partial charge in [0.2, 0.25) is 11.9 Å². The van der Waals surface area contributed by atoms with Gasteiger partial charge in [0.1, 0.15) is 0 Å². The summed E-state index contributed by atoms with van der Waals surface area (Å²) < 4.78 is 1.45. The standard InChI is InChI=1S/C5H7N7/c6-4-9-3-1-2-8-12(3)5(10-4)11-7/h1-2H,7H2,(H3,6,9,10,11). The van der Waals surface area contributed by atoms with Crippen LogP contribution in [0.25, 0.3) is 5.65 Å². The monoisotopic (exact) mass is 165 g/mol. The molecule has 2 rings (SSSR count). The van der Waals surface area contributed by atoms with Crippen LogP contribution >= 0.6 is 0 Å². The summed E-state index contributed by atoms with van der Waals surface area (Å²) >= 11 is 0. The number of nitrogens with two attached hydrogens (primary N) is 2. The van der Waals surface area contributed by atoms with Crippen LogP contribution in [0.1, 0.15) is 0 Å². The summed E-state index contributed by atoms with van der Waals surface area (Å²) in [5.74, 6) is 5.71. The van der Waals surface area contributed by atoms with E-state index < -0.39 is 0 Å². The Morgan fingerprint density at radius 1 is 1.42 bits per heavy atom. The maximum Gasteiger partial charge on any atom is 0.243 e. The van der Waals surface area contributed by atoms with Crippen LogP contribution in [0.2, 0.25) is 0 Å². The molecule has 2 aromatic rings. The molecule has 0 radical (unpaired) electrons. The maximum atomic E-state index is 5.40. The Bertz CT molecular complexity index is 405. The molecule has 2 aromatic heterocycles. The number of nitrogens with zero attached hydrogens (tertiary/aromatic N) is 4. The molecule has 0 spiro atoms. The second-order valence-electron chi connectivity index (χ2n) is 2.15. The SMILES string of the molecule is NNc1nc(N)nc2ccnn12. The molecule has 0 aliphatic heterocycles. The molecule has 7 nitrogen and oxygen atoms in total. The van der Waals surface area contributed by atoms with Crippen molar-refractivity contribution in [1.82, 2.24) is 19.6 Å². The molecular weight excluding hydrogens is 158 g/mol. The van der Waals surface area contributed by atoms with E-state index in [9.17, 15) is 0 Å². The molecule has 5 N–H and O–H groups in total. The largest absolute Gasteiger partial charge is 0.368 e. The highest BCUT2D eigenvalue weighted by Gasteiger charge is 2.03. The highest BCUT2D eigenvalue weighted by Crippen LogP contribution is 2.06. The summed E-state index contributed by atoms with van der Waals surface area (Å²) in [5.41, 5.74) is 8.37.